The minimum atomic E-state index is -2.56. The second-order valence-corrected chi connectivity index (χ2v) is 4.29. The van der Waals surface area contributed by atoms with Gasteiger partial charge in [-0.05, 0) is 15.9 Å². The van der Waals surface area contributed by atoms with Gasteiger partial charge in [0.15, 0.2) is 0 Å². The molecule has 0 atom stereocenters. The molecule has 0 N–H and O–H groups in total. The van der Waals surface area contributed by atoms with Crippen molar-refractivity contribution in [1.29, 1.82) is 0 Å². The maximum Gasteiger partial charge on any atom is 0.266 e. The minimum absolute atomic E-state index is 0.0736. The first-order valence-corrected chi connectivity index (χ1v) is 5.09. The summed E-state index contributed by atoms with van der Waals surface area (Å²) in [5.41, 5.74) is 0. The van der Waals surface area contributed by atoms with Crippen LogP contribution in [0.1, 0.15) is 6.42 Å². The second-order valence-electron chi connectivity index (χ2n) is 3.48. The summed E-state index contributed by atoms with van der Waals surface area (Å²) in [6.07, 6.45) is -0.0736. The highest BCUT2D eigenvalue weighted by atomic mass is 79.9. The Balaban J connectivity index is 2.21. The number of hydrogen-bond acceptors (Lipinski definition) is 2. The average Bonchev–Trinajstić information content (AvgIpc) is 2.55. The zero-order valence-corrected chi connectivity index (χ0v) is 9.26. The van der Waals surface area contributed by atoms with Gasteiger partial charge in [-0.2, -0.15) is 5.10 Å². The van der Waals surface area contributed by atoms with Crippen LogP contribution in [-0.4, -0.2) is 28.8 Å². The molecule has 1 aliphatic heterocycles. The van der Waals surface area contributed by atoms with Gasteiger partial charge >= 0.3 is 0 Å². The number of alkyl halides is 2. The van der Waals surface area contributed by atoms with Gasteiger partial charge in [-0.1, -0.05) is 0 Å². The molecule has 0 amide bonds. The van der Waals surface area contributed by atoms with E-state index in [9.17, 15) is 8.78 Å². The molecule has 0 aromatic carbocycles. The average molecular weight is 266 g/mol. The quantitative estimate of drug-likeness (QED) is 0.775. The van der Waals surface area contributed by atoms with E-state index >= 15 is 0 Å². The number of hydrogen-bond donors (Lipinski definition) is 0. The van der Waals surface area contributed by atoms with Crippen LogP contribution < -0.4 is 4.90 Å². The van der Waals surface area contributed by atoms with E-state index in [-0.39, 0.29) is 13.0 Å². The number of anilines is 1. The molecular weight excluding hydrogens is 256 g/mol. The zero-order chi connectivity index (χ0) is 10.3. The van der Waals surface area contributed by atoms with Crippen LogP contribution in [0.15, 0.2) is 10.7 Å². The molecule has 0 aliphatic carbocycles. The molecule has 3 nitrogen and oxygen atoms in total. The molecule has 1 aromatic heterocycles. The maximum absolute atomic E-state index is 12.9. The number of halogens is 3. The first-order valence-electron chi connectivity index (χ1n) is 4.30. The van der Waals surface area contributed by atoms with Gasteiger partial charge in [0.1, 0.15) is 10.4 Å². The van der Waals surface area contributed by atoms with Crippen molar-refractivity contribution in [2.24, 2.45) is 7.05 Å². The largest absolute Gasteiger partial charge is 0.351 e. The fourth-order valence-corrected chi connectivity index (χ4v) is 2.09. The fourth-order valence-electron chi connectivity index (χ4n) is 1.65. The van der Waals surface area contributed by atoms with E-state index in [0.29, 0.717) is 11.1 Å². The third kappa shape index (κ3) is 1.75. The normalized spacial score (nSPS) is 20.4. The Morgan fingerprint density at radius 3 is 2.71 bits per heavy atom. The van der Waals surface area contributed by atoms with Crippen LogP contribution in [0.4, 0.5) is 14.6 Å². The van der Waals surface area contributed by atoms with E-state index in [1.807, 2.05) is 0 Å². The van der Waals surface area contributed by atoms with Crippen LogP contribution in [0, 0.1) is 0 Å². The van der Waals surface area contributed by atoms with E-state index in [0.717, 1.165) is 5.82 Å². The molecule has 0 saturated carbocycles. The highest BCUT2D eigenvalue weighted by Crippen LogP contribution is 2.31. The summed E-state index contributed by atoms with van der Waals surface area (Å²) in [5.74, 6) is -1.83. The van der Waals surface area contributed by atoms with Crippen molar-refractivity contribution in [2.45, 2.75) is 12.3 Å². The molecule has 1 aliphatic rings. The summed E-state index contributed by atoms with van der Waals surface area (Å²) in [6, 6.07) is 1.75. The molecule has 0 bridgehead atoms. The van der Waals surface area contributed by atoms with E-state index in [2.05, 4.69) is 21.0 Å². The molecule has 1 fully saturated rings. The summed E-state index contributed by atoms with van der Waals surface area (Å²) in [6.45, 7) is 0.179. The Bertz CT molecular complexity index is 350. The number of aromatic nitrogens is 2. The molecule has 1 aromatic rings. The van der Waals surface area contributed by atoms with Gasteiger partial charge in [-0.25, -0.2) is 8.78 Å². The molecular formula is C8H10BrF2N3. The molecule has 1 saturated heterocycles. The molecule has 14 heavy (non-hydrogen) atoms. The van der Waals surface area contributed by atoms with Gasteiger partial charge in [0.25, 0.3) is 5.92 Å². The van der Waals surface area contributed by atoms with Crippen LogP contribution >= 0.6 is 15.9 Å². The van der Waals surface area contributed by atoms with Crippen molar-refractivity contribution < 1.29 is 8.78 Å². The monoisotopic (exact) mass is 265 g/mol. The topological polar surface area (TPSA) is 21.1 Å². The van der Waals surface area contributed by atoms with Crippen LogP contribution in [0.3, 0.4) is 0 Å². The highest BCUT2D eigenvalue weighted by Gasteiger charge is 2.39. The smallest absolute Gasteiger partial charge is 0.266 e. The second kappa shape index (κ2) is 3.18. The minimum Gasteiger partial charge on any atom is -0.351 e. The van der Waals surface area contributed by atoms with Gasteiger partial charge in [-0.3, -0.25) is 4.68 Å². The molecule has 78 valence electrons. The standard InChI is InChI=1S/C8H10BrF2N3/c1-13-7(4-6(9)12-13)14-3-2-8(10,11)5-14/h4H,2-3,5H2,1H3. The number of rotatable bonds is 1. The zero-order valence-electron chi connectivity index (χ0n) is 7.67. The lowest BCUT2D eigenvalue weighted by molar-refractivity contribution is 0.0256. The molecule has 0 spiro atoms. The van der Waals surface area contributed by atoms with Crippen LogP contribution in [-0.2, 0) is 7.05 Å². The molecule has 2 heterocycles. The molecule has 0 unspecified atom stereocenters. The van der Waals surface area contributed by atoms with Gasteiger partial charge in [0.05, 0.1) is 6.54 Å². The van der Waals surface area contributed by atoms with Crippen molar-refractivity contribution >= 4 is 21.7 Å². The van der Waals surface area contributed by atoms with Gasteiger partial charge in [0.2, 0.25) is 0 Å². The number of aryl methyl sites for hydroxylation is 1. The van der Waals surface area contributed by atoms with Crippen molar-refractivity contribution in [2.75, 3.05) is 18.0 Å². The van der Waals surface area contributed by atoms with Gasteiger partial charge in [-0.15, -0.1) is 0 Å². The molecule has 0 radical (unpaired) electrons. The summed E-state index contributed by atoms with van der Waals surface area (Å²) in [5, 5.41) is 4.05. The summed E-state index contributed by atoms with van der Waals surface area (Å²) in [7, 11) is 1.75. The maximum atomic E-state index is 12.9. The van der Waals surface area contributed by atoms with Crippen LogP contribution in [0.2, 0.25) is 0 Å². The lowest BCUT2D eigenvalue weighted by Crippen LogP contribution is -2.26. The van der Waals surface area contributed by atoms with Crippen molar-refractivity contribution in [1.82, 2.24) is 9.78 Å². The summed E-state index contributed by atoms with van der Waals surface area (Å²) < 4.78 is 28.1. The first-order chi connectivity index (χ1) is 6.48. The predicted molar refractivity (Wildman–Crippen MR) is 52.7 cm³/mol. The summed E-state index contributed by atoms with van der Waals surface area (Å²) in [4.78, 5) is 1.65. The Morgan fingerprint density at radius 1 is 1.57 bits per heavy atom. The third-order valence-corrected chi connectivity index (χ3v) is 2.71. The Kier molecular flexibility index (Phi) is 2.25. The van der Waals surface area contributed by atoms with Crippen molar-refractivity contribution in [3.05, 3.63) is 10.7 Å². The van der Waals surface area contributed by atoms with E-state index in [1.54, 1.807) is 22.7 Å². The van der Waals surface area contributed by atoms with Gasteiger partial charge in [0, 0.05) is 26.1 Å². The third-order valence-electron chi connectivity index (χ3n) is 2.32. The van der Waals surface area contributed by atoms with E-state index in [4.69, 9.17) is 0 Å². The Hall–Kier alpha value is -0.650. The highest BCUT2D eigenvalue weighted by molar-refractivity contribution is 9.10. The van der Waals surface area contributed by atoms with Crippen LogP contribution in [0.5, 0.6) is 0 Å². The fraction of sp³-hybridized carbons (Fsp3) is 0.625. The molecule has 2 rings (SSSR count). The van der Waals surface area contributed by atoms with Crippen molar-refractivity contribution in [3.8, 4) is 0 Å². The Labute approximate surface area is 88.8 Å². The molecule has 6 heteroatoms. The van der Waals surface area contributed by atoms with E-state index < -0.39 is 5.92 Å². The van der Waals surface area contributed by atoms with Crippen LogP contribution in [0.25, 0.3) is 0 Å². The lowest BCUT2D eigenvalue weighted by Gasteiger charge is -2.17. The first kappa shape index (κ1) is 9.89. The Morgan fingerprint density at radius 2 is 2.29 bits per heavy atom. The number of nitrogens with zero attached hydrogens (tertiary/aromatic N) is 3. The predicted octanol–water partition coefficient (Wildman–Crippen LogP) is 2.03. The van der Waals surface area contributed by atoms with Crippen molar-refractivity contribution in [3.63, 3.8) is 0 Å². The van der Waals surface area contributed by atoms with E-state index in [1.165, 1.54) is 0 Å². The lowest BCUT2D eigenvalue weighted by atomic mass is 10.3. The summed E-state index contributed by atoms with van der Waals surface area (Å²) >= 11 is 3.21. The van der Waals surface area contributed by atoms with Gasteiger partial charge < -0.3 is 4.90 Å². The SMILES string of the molecule is Cn1nc(Br)cc1N1CCC(F)(F)C1.